The van der Waals surface area contributed by atoms with Crippen molar-refractivity contribution in [2.45, 2.75) is 32.4 Å². The lowest BCUT2D eigenvalue weighted by Crippen LogP contribution is -2.32. The van der Waals surface area contributed by atoms with Crippen LogP contribution >= 0.6 is 0 Å². The van der Waals surface area contributed by atoms with E-state index in [1.54, 1.807) is 31.2 Å². The zero-order valence-corrected chi connectivity index (χ0v) is 16.9. The highest BCUT2D eigenvalue weighted by molar-refractivity contribution is 7.93. The van der Waals surface area contributed by atoms with Crippen molar-refractivity contribution in [3.8, 4) is 11.6 Å². The summed E-state index contributed by atoms with van der Waals surface area (Å²) in [5.41, 5.74) is -1.27. The third kappa shape index (κ3) is 6.43. The Hall–Kier alpha value is -2.78. The van der Waals surface area contributed by atoms with Gasteiger partial charge in [-0.3, -0.25) is 4.79 Å². The molecular weight excluding hydrogens is 382 g/mol. The monoisotopic (exact) mass is 405 g/mol. The summed E-state index contributed by atoms with van der Waals surface area (Å²) in [6, 6.07) is 8.20. The first kappa shape index (κ1) is 21.5. The number of ether oxygens (including phenoxy) is 1. The van der Waals surface area contributed by atoms with Crippen LogP contribution in [0, 0.1) is 0 Å². The number of rotatable bonds is 7. The number of amides is 1. The normalized spacial score (nSPS) is 13.3. The maximum absolute atomic E-state index is 12.6. The molecule has 2 N–H and O–H groups in total. The van der Waals surface area contributed by atoms with E-state index >= 15 is 0 Å². The summed E-state index contributed by atoms with van der Waals surface area (Å²) in [4.78, 5) is 20.9. The van der Waals surface area contributed by atoms with E-state index < -0.39 is 27.4 Å². The zero-order chi connectivity index (χ0) is 20.9. The highest BCUT2D eigenvalue weighted by Gasteiger charge is 2.24. The van der Waals surface area contributed by atoms with E-state index in [2.05, 4.69) is 15.3 Å². The summed E-state index contributed by atoms with van der Waals surface area (Å²) >= 11 is 0. The maximum Gasteiger partial charge on any atom is 0.258 e. The van der Waals surface area contributed by atoms with E-state index in [-0.39, 0.29) is 17.3 Å². The number of benzene rings is 1. The number of aromatic nitrogens is 2. The van der Waals surface area contributed by atoms with Gasteiger partial charge in [0.15, 0.2) is 15.7 Å². The summed E-state index contributed by atoms with van der Waals surface area (Å²) in [7, 11) is -3.30. The molecule has 150 valence electrons. The fraction of sp³-hybridized carbons (Fsp3) is 0.316. The largest absolute Gasteiger partial charge is 0.438 e. The van der Waals surface area contributed by atoms with Crippen LogP contribution in [-0.4, -0.2) is 41.7 Å². The van der Waals surface area contributed by atoms with Gasteiger partial charge in [0.05, 0.1) is 0 Å². The molecule has 1 unspecified atom stereocenters. The van der Waals surface area contributed by atoms with E-state index in [0.717, 1.165) is 11.7 Å². The van der Waals surface area contributed by atoms with Crippen molar-refractivity contribution < 1.29 is 23.1 Å². The Morgan fingerprint density at radius 1 is 1.29 bits per heavy atom. The van der Waals surface area contributed by atoms with Crippen LogP contribution in [0.5, 0.6) is 11.6 Å². The number of para-hydroxylation sites is 1. The molecule has 0 bridgehead atoms. The SMILES string of the molecule is CC(/C=C/S(C)(=O)=O)NC(=O)c1cnc(C(C)(C)O)nc1Oc1ccccc1. The number of aliphatic hydroxyl groups is 1. The van der Waals surface area contributed by atoms with Crippen molar-refractivity contribution in [1.29, 1.82) is 0 Å². The number of sulfone groups is 1. The Kier molecular flexibility index (Phi) is 6.52. The quantitative estimate of drug-likeness (QED) is 0.725. The van der Waals surface area contributed by atoms with Gasteiger partial charge < -0.3 is 15.2 Å². The first-order valence-corrected chi connectivity index (χ1v) is 10.4. The molecule has 0 aliphatic carbocycles. The smallest absolute Gasteiger partial charge is 0.258 e. The summed E-state index contributed by atoms with van der Waals surface area (Å²) in [5.74, 6) is -0.00374. The average molecular weight is 405 g/mol. The molecule has 9 heteroatoms. The van der Waals surface area contributed by atoms with Gasteiger partial charge in [0.1, 0.15) is 16.9 Å². The highest BCUT2D eigenvalue weighted by atomic mass is 32.2. The van der Waals surface area contributed by atoms with Crippen molar-refractivity contribution in [3.63, 3.8) is 0 Å². The Labute approximate surface area is 164 Å². The molecule has 0 aliphatic rings. The molecule has 1 heterocycles. The van der Waals surface area contributed by atoms with Crippen molar-refractivity contribution in [1.82, 2.24) is 15.3 Å². The van der Waals surface area contributed by atoms with Gasteiger partial charge in [0.25, 0.3) is 5.91 Å². The van der Waals surface area contributed by atoms with E-state index in [1.165, 1.54) is 26.1 Å². The molecule has 28 heavy (non-hydrogen) atoms. The number of carbonyl (C=O) groups excluding carboxylic acids is 1. The van der Waals surface area contributed by atoms with Crippen molar-refractivity contribution in [2.24, 2.45) is 0 Å². The first-order chi connectivity index (χ1) is 13.0. The van der Waals surface area contributed by atoms with Crippen LogP contribution in [0.4, 0.5) is 0 Å². The van der Waals surface area contributed by atoms with Gasteiger partial charge >= 0.3 is 0 Å². The van der Waals surface area contributed by atoms with Crippen LogP contribution in [0.3, 0.4) is 0 Å². The number of hydrogen-bond donors (Lipinski definition) is 2. The van der Waals surface area contributed by atoms with E-state index in [0.29, 0.717) is 5.75 Å². The van der Waals surface area contributed by atoms with E-state index in [9.17, 15) is 18.3 Å². The molecule has 1 amide bonds. The minimum atomic E-state index is -3.30. The topological polar surface area (TPSA) is 118 Å². The minimum Gasteiger partial charge on any atom is -0.438 e. The molecular formula is C19H23N3O5S. The van der Waals surface area contributed by atoms with Crippen molar-refractivity contribution in [2.75, 3.05) is 6.26 Å². The molecule has 8 nitrogen and oxygen atoms in total. The summed E-state index contributed by atoms with van der Waals surface area (Å²) in [6.45, 7) is 4.67. The van der Waals surface area contributed by atoms with Gasteiger partial charge in [-0.25, -0.2) is 13.4 Å². The van der Waals surface area contributed by atoms with Gasteiger partial charge in [-0.1, -0.05) is 24.3 Å². The number of nitrogens with zero attached hydrogens (tertiary/aromatic N) is 2. The summed E-state index contributed by atoms with van der Waals surface area (Å²) < 4.78 is 28.2. The Morgan fingerprint density at radius 2 is 1.93 bits per heavy atom. The van der Waals surface area contributed by atoms with Gasteiger partial charge in [-0.2, -0.15) is 4.98 Å². The second-order valence-electron chi connectivity index (χ2n) is 6.81. The maximum atomic E-state index is 12.6. The molecule has 0 fully saturated rings. The lowest BCUT2D eigenvalue weighted by atomic mass is 10.1. The summed E-state index contributed by atoms with van der Waals surface area (Å²) in [6.07, 6.45) is 3.69. The third-order valence-corrected chi connectivity index (χ3v) is 4.13. The third-order valence-electron chi connectivity index (χ3n) is 3.48. The lowest BCUT2D eigenvalue weighted by Gasteiger charge is -2.18. The zero-order valence-electron chi connectivity index (χ0n) is 16.1. The molecule has 0 radical (unpaired) electrons. The molecule has 0 aliphatic heterocycles. The van der Waals surface area contributed by atoms with Gasteiger partial charge in [0, 0.05) is 23.9 Å². The Morgan fingerprint density at radius 3 is 2.50 bits per heavy atom. The minimum absolute atomic E-state index is 0.0184. The number of carbonyl (C=O) groups is 1. The van der Waals surface area contributed by atoms with Gasteiger partial charge in [-0.15, -0.1) is 0 Å². The van der Waals surface area contributed by atoms with Crippen LogP contribution in [0.15, 0.2) is 48.0 Å². The number of hydrogen-bond acceptors (Lipinski definition) is 7. The predicted molar refractivity (Wildman–Crippen MR) is 105 cm³/mol. The molecule has 2 rings (SSSR count). The standard InChI is InChI=1S/C19H23N3O5S/c1-13(10-11-28(4,25)26)21-16(23)15-12-20-18(19(2,3)24)22-17(15)27-14-8-6-5-7-9-14/h5-13,24H,1-4H3,(H,21,23)/b11-10+. The summed E-state index contributed by atoms with van der Waals surface area (Å²) in [5, 5.41) is 13.8. The predicted octanol–water partition coefficient (Wildman–Crippen LogP) is 2.17. The van der Waals surface area contributed by atoms with Crippen molar-refractivity contribution >= 4 is 15.7 Å². The fourth-order valence-electron chi connectivity index (χ4n) is 2.09. The van der Waals surface area contributed by atoms with E-state index in [4.69, 9.17) is 4.74 Å². The molecule has 0 saturated heterocycles. The van der Waals surface area contributed by atoms with Gasteiger partial charge in [-0.05, 0) is 32.9 Å². The van der Waals surface area contributed by atoms with Crippen LogP contribution in [0.1, 0.15) is 37.0 Å². The molecule has 1 aromatic heterocycles. The van der Waals surface area contributed by atoms with Gasteiger partial charge in [0.2, 0.25) is 5.88 Å². The van der Waals surface area contributed by atoms with Crippen LogP contribution in [-0.2, 0) is 15.4 Å². The Bertz CT molecular complexity index is 967. The molecule has 1 atom stereocenters. The molecule has 0 saturated carbocycles. The average Bonchev–Trinajstić information content (AvgIpc) is 2.59. The molecule has 1 aromatic carbocycles. The van der Waals surface area contributed by atoms with Crippen molar-refractivity contribution in [3.05, 3.63) is 59.4 Å². The van der Waals surface area contributed by atoms with E-state index in [1.807, 2.05) is 6.07 Å². The van der Waals surface area contributed by atoms with Crippen LogP contribution < -0.4 is 10.1 Å². The number of nitrogens with one attached hydrogen (secondary N) is 1. The lowest BCUT2D eigenvalue weighted by molar-refractivity contribution is 0.0677. The van der Waals surface area contributed by atoms with Crippen LogP contribution in [0.2, 0.25) is 0 Å². The molecule has 0 spiro atoms. The fourth-order valence-corrected chi connectivity index (χ4v) is 2.61. The highest BCUT2D eigenvalue weighted by Crippen LogP contribution is 2.25. The van der Waals surface area contributed by atoms with Crippen LogP contribution in [0.25, 0.3) is 0 Å². The second-order valence-corrected chi connectivity index (χ2v) is 8.74. The molecule has 2 aromatic rings. The Balaban J connectivity index is 2.33. The first-order valence-electron chi connectivity index (χ1n) is 8.47. The second kappa shape index (κ2) is 8.49.